The fraction of sp³-hybridized carbons (Fsp3) is 0.143. The Balaban J connectivity index is 1.88. The molecule has 4 rings (SSSR count). The van der Waals surface area contributed by atoms with Crippen molar-refractivity contribution < 1.29 is 9.53 Å². The zero-order valence-corrected chi connectivity index (χ0v) is 19.2. The van der Waals surface area contributed by atoms with Crippen molar-refractivity contribution in [1.29, 1.82) is 0 Å². The Kier molecular flexibility index (Phi) is 7.40. The minimum Gasteiger partial charge on any atom is -0.466 e. The third-order valence-electron chi connectivity index (χ3n) is 5.20. The van der Waals surface area contributed by atoms with Crippen LogP contribution in [-0.2, 0) is 9.53 Å². The second-order valence-corrected chi connectivity index (χ2v) is 7.69. The Morgan fingerprint density at radius 3 is 1.88 bits per heavy atom. The number of carbonyl (C=O) groups is 1. The minimum absolute atomic E-state index is 0.0998. The average Bonchev–Trinajstić information content (AvgIpc) is 2.88. The molecule has 0 radical (unpaired) electrons. The van der Waals surface area contributed by atoms with Crippen LogP contribution in [0, 0.1) is 0 Å². The number of carbonyl (C=O) groups excluding carboxylic acids is 1. The van der Waals surface area contributed by atoms with Crippen LogP contribution in [0.3, 0.4) is 0 Å². The maximum Gasteiger partial charge on any atom is 0.311 e. The molecule has 6 nitrogen and oxygen atoms in total. The Morgan fingerprint density at radius 1 is 0.794 bits per heavy atom. The Hall–Kier alpha value is -4.32. The van der Waals surface area contributed by atoms with Gasteiger partial charge in [-0.05, 0) is 25.0 Å². The average molecular weight is 451 g/mol. The van der Waals surface area contributed by atoms with Crippen molar-refractivity contribution in [2.45, 2.75) is 20.3 Å². The van der Waals surface area contributed by atoms with E-state index in [0.29, 0.717) is 18.1 Å². The van der Waals surface area contributed by atoms with Crippen molar-refractivity contribution in [1.82, 2.24) is 10.2 Å². The van der Waals surface area contributed by atoms with Crippen molar-refractivity contribution in [3.05, 3.63) is 91.0 Å². The number of hydrogen-bond acceptors (Lipinski definition) is 6. The molecule has 1 N–H and O–H groups in total. The summed E-state index contributed by atoms with van der Waals surface area (Å²) in [6, 6.07) is 30.2. The van der Waals surface area contributed by atoms with Gasteiger partial charge in [-0.15, -0.1) is 10.2 Å². The predicted octanol–water partition coefficient (Wildman–Crippen LogP) is 6.22. The van der Waals surface area contributed by atoms with Crippen molar-refractivity contribution >= 4 is 17.5 Å². The highest BCUT2D eigenvalue weighted by Gasteiger charge is 2.20. The van der Waals surface area contributed by atoms with Gasteiger partial charge in [0.1, 0.15) is 5.69 Å². The number of hydrazone groups is 1. The van der Waals surface area contributed by atoms with E-state index in [1.165, 1.54) is 0 Å². The maximum atomic E-state index is 11.8. The number of rotatable bonds is 8. The van der Waals surface area contributed by atoms with E-state index in [1.54, 1.807) is 13.8 Å². The molecule has 0 aliphatic heterocycles. The highest BCUT2D eigenvalue weighted by atomic mass is 16.5. The maximum absolute atomic E-state index is 11.8. The van der Waals surface area contributed by atoms with Gasteiger partial charge in [-0.3, -0.25) is 10.2 Å². The smallest absolute Gasteiger partial charge is 0.311 e. The van der Waals surface area contributed by atoms with Crippen LogP contribution >= 0.6 is 0 Å². The van der Waals surface area contributed by atoms with E-state index in [4.69, 9.17) is 4.74 Å². The van der Waals surface area contributed by atoms with E-state index in [-0.39, 0.29) is 12.4 Å². The van der Waals surface area contributed by atoms with E-state index >= 15 is 0 Å². The Morgan fingerprint density at radius 2 is 1.32 bits per heavy atom. The predicted molar refractivity (Wildman–Crippen MR) is 136 cm³/mol. The molecule has 0 amide bonds. The van der Waals surface area contributed by atoms with Gasteiger partial charge in [0.2, 0.25) is 0 Å². The molecule has 1 aromatic heterocycles. The van der Waals surface area contributed by atoms with Crippen LogP contribution < -0.4 is 5.43 Å². The third kappa shape index (κ3) is 5.35. The minimum atomic E-state index is -0.315. The van der Waals surface area contributed by atoms with Gasteiger partial charge in [-0.2, -0.15) is 5.10 Å². The highest BCUT2D eigenvalue weighted by molar-refractivity contribution is 5.99. The van der Waals surface area contributed by atoms with Gasteiger partial charge in [0.25, 0.3) is 0 Å². The van der Waals surface area contributed by atoms with Gasteiger partial charge >= 0.3 is 5.97 Å². The SMILES string of the molecule is CCOC(=O)CC(C)=NNc1nnc(-c2ccccc2)c(-c2ccccc2)c1-c1ccccc1. The lowest BCUT2D eigenvalue weighted by Crippen LogP contribution is -2.11. The molecule has 34 heavy (non-hydrogen) atoms. The van der Waals surface area contributed by atoms with Crippen LogP contribution in [0.2, 0.25) is 0 Å². The quantitative estimate of drug-likeness (QED) is 0.196. The van der Waals surface area contributed by atoms with Crippen LogP contribution in [0.4, 0.5) is 5.82 Å². The van der Waals surface area contributed by atoms with Crippen LogP contribution in [0.25, 0.3) is 33.5 Å². The largest absolute Gasteiger partial charge is 0.466 e. The molecule has 3 aromatic carbocycles. The molecule has 170 valence electrons. The molecular formula is C28H26N4O2. The molecule has 0 atom stereocenters. The van der Waals surface area contributed by atoms with Crippen molar-refractivity contribution in [2.24, 2.45) is 5.10 Å². The third-order valence-corrected chi connectivity index (χ3v) is 5.20. The Labute approximate surface area is 199 Å². The van der Waals surface area contributed by atoms with Gasteiger partial charge in [-0.1, -0.05) is 91.0 Å². The van der Waals surface area contributed by atoms with Crippen LogP contribution in [0.5, 0.6) is 0 Å². The second-order valence-electron chi connectivity index (χ2n) is 7.69. The van der Waals surface area contributed by atoms with Crippen LogP contribution in [-0.4, -0.2) is 28.5 Å². The van der Waals surface area contributed by atoms with Crippen molar-refractivity contribution in [2.75, 3.05) is 12.0 Å². The molecule has 4 aromatic rings. The lowest BCUT2D eigenvalue weighted by molar-refractivity contribution is -0.141. The summed E-state index contributed by atoms with van der Waals surface area (Å²) in [6.45, 7) is 3.89. The number of esters is 1. The first-order chi connectivity index (χ1) is 16.7. The van der Waals surface area contributed by atoms with Gasteiger partial charge in [0, 0.05) is 22.4 Å². The van der Waals surface area contributed by atoms with E-state index in [9.17, 15) is 4.79 Å². The molecule has 0 aliphatic rings. The van der Waals surface area contributed by atoms with E-state index in [1.807, 2.05) is 78.9 Å². The zero-order valence-electron chi connectivity index (χ0n) is 19.2. The number of benzene rings is 3. The topological polar surface area (TPSA) is 76.5 Å². The first-order valence-electron chi connectivity index (χ1n) is 11.2. The first kappa shape index (κ1) is 22.9. The molecule has 0 saturated carbocycles. The van der Waals surface area contributed by atoms with Gasteiger partial charge in [0.15, 0.2) is 5.82 Å². The summed E-state index contributed by atoms with van der Waals surface area (Å²) in [5.41, 5.74) is 9.23. The van der Waals surface area contributed by atoms with Crippen LogP contribution in [0.1, 0.15) is 20.3 Å². The fourth-order valence-electron chi connectivity index (χ4n) is 3.69. The molecule has 1 heterocycles. The lowest BCUT2D eigenvalue weighted by atomic mass is 9.91. The number of nitrogens with zero attached hydrogens (tertiary/aromatic N) is 3. The van der Waals surface area contributed by atoms with E-state index < -0.39 is 0 Å². The number of ether oxygens (including phenoxy) is 1. The fourth-order valence-corrected chi connectivity index (χ4v) is 3.69. The lowest BCUT2D eigenvalue weighted by Gasteiger charge is -2.18. The highest BCUT2D eigenvalue weighted by Crippen LogP contribution is 2.41. The number of nitrogens with one attached hydrogen (secondary N) is 1. The van der Waals surface area contributed by atoms with E-state index in [0.717, 1.165) is 33.5 Å². The van der Waals surface area contributed by atoms with Crippen molar-refractivity contribution in [3.63, 3.8) is 0 Å². The summed E-state index contributed by atoms with van der Waals surface area (Å²) in [4.78, 5) is 11.8. The summed E-state index contributed by atoms with van der Waals surface area (Å²) in [7, 11) is 0. The molecule has 0 spiro atoms. The molecule has 0 saturated heterocycles. The number of anilines is 1. The van der Waals surface area contributed by atoms with Crippen LogP contribution in [0.15, 0.2) is 96.1 Å². The summed E-state index contributed by atoms with van der Waals surface area (Å²) >= 11 is 0. The number of aromatic nitrogens is 2. The standard InChI is InChI=1S/C28H26N4O2/c1-3-34-24(33)19-20(2)29-31-28-26(22-15-9-5-10-16-22)25(21-13-7-4-8-14-21)27(30-32-28)23-17-11-6-12-18-23/h4-18H,3,19H2,1-2H3,(H,31,32). The molecule has 0 unspecified atom stereocenters. The second kappa shape index (κ2) is 11.0. The van der Waals surface area contributed by atoms with Gasteiger partial charge in [0.05, 0.1) is 13.0 Å². The van der Waals surface area contributed by atoms with Gasteiger partial charge < -0.3 is 4.74 Å². The first-order valence-corrected chi connectivity index (χ1v) is 11.2. The molecule has 0 fully saturated rings. The summed E-state index contributed by atoms with van der Waals surface area (Å²) in [5.74, 6) is 0.192. The summed E-state index contributed by atoms with van der Waals surface area (Å²) in [5, 5.41) is 13.5. The summed E-state index contributed by atoms with van der Waals surface area (Å²) < 4.78 is 5.02. The normalized spacial score (nSPS) is 11.2. The Bertz CT molecular complexity index is 1270. The zero-order chi connectivity index (χ0) is 23.8. The number of hydrogen-bond donors (Lipinski definition) is 1. The molecular weight excluding hydrogens is 424 g/mol. The molecule has 0 bridgehead atoms. The molecule has 0 aliphatic carbocycles. The molecule has 6 heteroatoms. The summed E-state index contributed by atoms with van der Waals surface area (Å²) in [6.07, 6.45) is 0.0998. The van der Waals surface area contributed by atoms with Crippen molar-refractivity contribution in [3.8, 4) is 33.5 Å². The monoisotopic (exact) mass is 450 g/mol. The van der Waals surface area contributed by atoms with Gasteiger partial charge in [-0.25, -0.2) is 0 Å². The van der Waals surface area contributed by atoms with E-state index in [2.05, 4.69) is 32.9 Å².